The number of nitrogens with one attached hydrogen (secondary N) is 2. The van der Waals surface area contributed by atoms with Gasteiger partial charge in [-0.05, 0) is 37.1 Å². The van der Waals surface area contributed by atoms with Crippen LogP contribution in [0.2, 0.25) is 5.02 Å². The standard InChI is InChI=1S/C17H15ClFN5/c1-20-17-21-7-6-13(22-17)15-14(23-16(24-15)9-2-3-9)11-8-10(19)4-5-12(11)18/h4-9H,2-3H2,1H3,(H,23,24)(H,20,21,22). The van der Waals surface area contributed by atoms with Crippen LogP contribution in [0.3, 0.4) is 0 Å². The molecule has 0 spiro atoms. The summed E-state index contributed by atoms with van der Waals surface area (Å²) < 4.78 is 13.7. The molecule has 5 nitrogen and oxygen atoms in total. The van der Waals surface area contributed by atoms with E-state index in [1.807, 2.05) is 0 Å². The van der Waals surface area contributed by atoms with Crippen LogP contribution in [0.1, 0.15) is 24.6 Å². The molecule has 0 aliphatic heterocycles. The molecule has 0 atom stereocenters. The van der Waals surface area contributed by atoms with Crippen molar-refractivity contribution < 1.29 is 4.39 Å². The second-order valence-corrected chi connectivity index (χ2v) is 6.17. The van der Waals surface area contributed by atoms with Gasteiger partial charge in [-0.15, -0.1) is 0 Å². The average Bonchev–Trinajstić information content (AvgIpc) is 3.36. The van der Waals surface area contributed by atoms with Gasteiger partial charge in [0.1, 0.15) is 11.6 Å². The van der Waals surface area contributed by atoms with Crippen molar-refractivity contribution in [2.24, 2.45) is 0 Å². The Hall–Kier alpha value is -2.47. The summed E-state index contributed by atoms with van der Waals surface area (Å²) in [6.07, 6.45) is 3.88. The minimum Gasteiger partial charge on any atom is -0.357 e. The number of benzene rings is 1. The van der Waals surface area contributed by atoms with Crippen molar-refractivity contribution in [1.29, 1.82) is 0 Å². The number of anilines is 1. The molecular formula is C17H15ClFN5. The van der Waals surface area contributed by atoms with E-state index in [0.29, 0.717) is 33.8 Å². The Labute approximate surface area is 143 Å². The summed E-state index contributed by atoms with van der Waals surface area (Å²) in [5, 5.41) is 3.37. The van der Waals surface area contributed by atoms with Crippen LogP contribution in [0.4, 0.5) is 10.3 Å². The van der Waals surface area contributed by atoms with Crippen LogP contribution in [0, 0.1) is 5.82 Å². The molecule has 1 aliphatic rings. The van der Waals surface area contributed by atoms with Gasteiger partial charge in [-0.2, -0.15) is 0 Å². The van der Waals surface area contributed by atoms with Crippen molar-refractivity contribution >= 4 is 17.5 Å². The van der Waals surface area contributed by atoms with Gasteiger partial charge in [-0.1, -0.05) is 11.6 Å². The van der Waals surface area contributed by atoms with Crippen molar-refractivity contribution in [1.82, 2.24) is 19.9 Å². The zero-order valence-corrected chi connectivity index (χ0v) is 13.7. The molecule has 1 saturated carbocycles. The minimum absolute atomic E-state index is 0.352. The lowest BCUT2D eigenvalue weighted by atomic mass is 10.1. The normalized spacial score (nSPS) is 14.0. The van der Waals surface area contributed by atoms with E-state index < -0.39 is 0 Å². The van der Waals surface area contributed by atoms with Crippen LogP contribution >= 0.6 is 11.6 Å². The molecule has 0 radical (unpaired) electrons. The van der Waals surface area contributed by atoms with Gasteiger partial charge in [-0.3, -0.25) is 0 Å². The molecule has 1 aromatic carbocycles. The van der Waals surface area contributed by atoms with Crippen LogP contribution < -0.4 is 5.32 Å². The zero-order chi connectivity index (χ0) is 16.7. The molecule has 24 heavy (non-hydrogen) atoms. The molecule has 0 bridgehead atoms. The maximum absolute atomic E-state index is 13.7. The van der Waals surface area contributed by atoms with Gasteiger partial charge < -0.3 is 10.3 Å². The summed E-state index contributed by atoms with van der Waals surface area (Å²) in [4.78, 5) is 16.6. The quantitative estimate of drug-likeness (QED) is 0.743. The summed E-state index contributed by atoms with van der Waals surface area (Å²) in [6, 6.07) is 6.07. The van der Waals surface area contributed by atoms with Crippen molar-refractivity contribution in [3.05, 3.63) is 47.1 Å². The SMILES string of the molecule is CNc1nccc(-c2[nH]c(C3CC3)nc2-c2cc(F)ccc2Cl)n1. The molecule has 3 aromatic rings. The number of aromatic amines is 1. The number of nitrogens with zero attached hydrogens (tertiary/aromatic N) is 3. The first-order valence-electron chi connectivity index (χ1n) is 7.72. The van der Waals surface area contributed by atoms with E-state index >= 15 is 0 Å². The Bertz CT molecular complexity index is 904. The molecule has 2 N–H and O–H groups in total. The number of H-pyrrole nitrogens is 1. The number of hydrogen-bond donors (Lipinski definition) is 2. The predicted octanol–water partition coefficient (Wildman–Crippen LogP) is 4.25. The maximum atomic E-state index is 13.7. The highest BCUT2D eigenvalue weighted by atomic mass is 35.5. The second kappa shape index (κ2) is 5.87. The third-order valence-corrected chi connectivity index (χ3v) is 4.33. The smallest absolute Gasteiger partial charge is 0.222 e. The van der Waals surface area contributed by atoms with Crippen LogP contribution in [0.25, 0.3) is 22.6 Å². The largest absolute Gasteiger partial charge is 0.357 e. The number of rotatable bonds is 4. The van der Waals surface area contributed by atoms with Gasteiger partial charge in [0.25, 0.3) is 0 Å². The lowest BCUT2D eigenvalue weighted by molar-refractivity contribution is 0.628. The van der Waals surface area contributed by atoms with Crippen molar-refractivity contribution in [3.8, 4) is 22.6 Å². The van der Waals surface area contributed by atoms with Gasteiger partial charge in [0.15, 0.2) is 0 Å². The number of hydrogen-bond acceptors (Lipinski definition) is 4. The molecule has 0 unspecified atom stereocenters. The van der Waals surface area contributed by atoms with E-state index in [9.17, 15) is 4.39 Å². The van der Waals surface area contributed by atoms with Crippen molar-refractivity contribution in [2.45, 2.75) is 18.8 Å². The topological polar surface area (TPSA) is 66.5 Å². The summed E-state index contributed by atoms with van der Waals surface area (Å²) in [6.45, 7) is 0. The van der Waals surface area contributed by atoms with Gasteiger partial charge >= 0.3 is 0 Å². The van der Waals surface area contributed by atoms with E-state index in [-0.39, 0.29) is 5.82 Å². The van der Waals surface area contributed by atoms with Gasteiger partial charge in [0.2, 0.25) is 5.95 Å². The highest BCUT2D eigenvalue weighted by Crippen LogP contribution is 2.42. The van der Waals surface area contributed by atoms with E-state index in [4.69, 9.17) is 11.6 Å². The first-order chi connectivity index (χ1) is 11.7. The molecular weight excluding hydrogens is 329 g/mol. The van der Waals surface area contributed by atoms with Crippen molar-refractivity contribution in [3.63, 3.8) is 0 Å². The first-order valence-corrected chi connectivity index (χ1v) is 8.10. The summed E-state index contributed by atoms with van der Waals surface area (Å²) >= 11 is 6.29. The molecule has 122 valence electrons. The molecule has 0 saturated heterocycles. The molecule has 1 fully saturated rings. The van der Waals surface area contributed by atoms with Gasteiger partial charge in [0.05, 0.1) is 22.1 Å². The Kier molecular flexibility index (Phi) is 3.69. The third kappa shape index (κ3) is 2.73. The monoisotopic (exact) mass is 343 g/mol. The third-order valence-electron chi connectivity index (χ3n) is 4.01. The number of halogens is 2. The molecule has 2 aromatic heterocycles. The molecule has 1 aliphatic carbocycles. The lowest BCUT2D eigenvalue weighted by Crippen LogP contribution is -1.97. The van der Waals surface area contributed by atoms with E-state index in [1.165, 1.54) is 12.1 Å². The van der Waals surface area contributed by atoms with Gasteiger partial charge in [-0.25, -0.2) is 19.3 Å². The summed E-state index contributed by atoms with van der Waals surface area (Å²) in [7, 11) is 1.76. The molecule has 4 rings (SSSR count). The van der Waals surface area contributed by atoms with E-state index in [0.717, 1.165) is 24.4 Å². The van der Waals surface area contributed by atoms with E-state index in [1.54, 1.807) is 25.4 Å². The fourth-order valence-electron chi connectivity index (χ4n) is 2.62. The second-order valence-electron chi connectivity index (χ2n) is 5.76. The molecule has 0 amide bonds. The summed E-state index contributed by atoms with van der Waals surface area (Å²) in [5.41, 5.74) is 2.58. The Balaban J connectivity index is 1.90. The van der Waals surface area contributed by atoms with Gasteiger partial charge in [0, 0.05) is 24.7 Å². The fraction of sp³-hybridized carbons (Fsp3) is 0.235. The summed E-state index contributed by atoms with van der Waals surface area (Å²) in [5.74, 6) is 1.47. The molecule has 2 heterocycles. The zero-order valence-electron chi connectivity index (χ0n) is 13.0. The predicted molar refractivity (Wildman–Crippen MR) is 91.5 cm³/mol. The number of imidazole rings is 1. The van der Waals surface area contributed by atoms with Crippen molar-refractivity contribution in [2.75, 3.05) is 12.4 Å². The van der Waals surface area contributed by atoms with Crippen LogP contribution in [0.5, 0.6) is 0 Å². The Morgan fingerprint density at radius 1 is 1.25 bits per heavy atom. The van der Waals surface area contributed by atoms with Crippen LogP contribution in [0.15, 0.2) is 30.5 Å². The minimum atomic E-state index is -0.352. The fourth-order valence-corrected chi connectivity index (χ4v) is 2.83. The Morgan fingerprint density at radius 3 is 2.83 bits per heavy atom. The van der Waals surface area contributed by atoms with E-state index in [2.05, 4.69) is 25.3 Å². The highest BCUT2D eigenvalue weighted by molar-refractivity contribution is 6.33. The first kappa shape index (κ1) is 15.1. The van der Waals surface area contributed by atoms with Crippen LogP contribution in [-0.2, 0) is 0 Å². The molecule has 7 heteroatoms. The Morgan fingerprint density at radius 2 is 2.08 bits per heavy atom. The number of aromatic nitrogens is 4. The van der Waals surface area contributed by atoms with Crippen LogP contribution in [-0.4, -0.2) is 27.0 Å². The highest BCUT2D eigenvalue weighted by Gasteiger charge is 2.29. The lowest BCUT2D eigenvalue weighted by Gasteiger charge is -2.06. The maximum Gasteiger partial charge on any atom is 0.222 e. The average molecular weight is 344 g/mol.